The number of ether oxygens (including phenoxy) is 2. The van der Waals surface area contributed by atoms with Gasteiger partial charge in [0.15, 0.2) is 0 Å². The van der Waals surface area contributed by atoms with Gasteiger partial charge in [0.2, 0.25) is 0 Å². The molecule has 0 saturated carbocycles. The molecule has 0 unspecified atom stereocenters. The van der Waals surface area contributed by atoms with E-state index in [0.717, 1.165) is 0 Å². The van der Waals surface area contributed by atoms with E-state index in [1.54, 1.807) is 24.3 Å². The largest absolute Gasteiger partial charge is 0.495 e. The Morgan fingerprint density at radius 2 is 1.65 bits per heavy atom. The molecule has 3 rings (SSSR count). The third-order valence-electron chi connectivity index (χ3n) is 4.14. The van der Waals surface area contributed by atoms with E-state index in [9.17, 15) is 13.2 Å². The second-order valence-electron chi connectivity index (χ2n) is 6.12. The van der Waals surface area contributed by atoms with Crippen molar-refractivity contribution in [2.45, 2.75) is 4.90 Å². The summed E-state index contributed by atoms with van der Waals surface area (Å²) < 4.78 is 38.7. The molecule has 8 nitrogen and oxygen atoms in total. The highest BCUT2D eigenvalue weighted by Gasteiger charge is 2.20. The number of pyridine rings is 1. The first-order valence-corrected chi connectivity index (χ1v) is 11.0. The molecule has 2 aromatic carbocycles. The molecule has 3 aromatic rings. The van der Waals surface area contributed by atoms with Gasteiger partial charge < -0.3 is 14.8 Å². The number of halogens is 2. The van der Waals surface area contributed by atoms with Crippen LogP contribution in [-0.2, 0) is 10.0 Å². The number of benzene rings is 2. The fraction of sp³-hybridized carbons (Fsp3) is 0.100. The number of nitrogens with zero attached hydrogens (tertiary/aromatic N) is 1. The molecule has 0 spiro atoms. The number of amides is 1. The molecule has 0 atom stereocenters. The van der Waals surface area contributed by atoms with Gasteiger partial charge in [-0.2, -0.15) is 0 Å². The number of aromatic nitrogens is 1. The maximum absolute atomic E-state index is 12.9. The predicted molar refractivity (Wildman–Crippen MR) is 119 cm³/mol. The number of para-hydroxylation sites is 2. The molecule has 0 aliphatic rings. The van der Waals surface area contributed by atoms with Crippen molar-refractivity contribution in [2.75, 3.05) is 24.3 Å². The summed E-state index contributed by atoms with van der Waals surface area (Å²) >= 11 is 11.7. The van der Waals surface area contributed by atoms with Gasteiger partial charge in [-0.25, -0.2) is 13.4 Å². The van der Waals surface area contributed by atoms with E-state index >= 15 is 0 Å². The first-order valence-electron chi connectivity index (χ1n) is 8.71. The summed E-state index contributed by atoms with van der Waals surface area (Å²) in [5.74, 6) is 0.0504. The summed E-state index contributed by atoms with van der Waals surface area (Å²) in [7, 11) is -1.16. The Balaban J connectivity index is 1.92. The zero-order chi connectivity index (χ0) is 22.6. The van der Waals surface area contributed by atoms with Gasteiger partial charge in [0.05, 0.1) is 41.1 Å². The van der Waals surface area contributed by atoms with Crippen LogP contribution in [0.4, 0.5) is 11.4 Å². The first-order chi connectivity index (χ1) is 14.7. The van der Waals surface area contributed by atoms with E-state index in [1.807, 2.05) is 0 Å². The highest BCUT2D eigenvalue weighted by Crippen LogP contribution is 2.31. The molecular weight excluding hydrogens is 465 g/mol. The summed E-state index contributed by atoms with van der Waals surface area (Å²) in [5.41, 5.74) is 0.548. The number of nitrogens with one attached hydrogen (secondary N) is 2. The Labute approximate surface area is 189 Å². The summed E-state index contributed by atoms with van der Waals surface area (Å²) in [6, 6.07) is 12.0. The SMILES string of the molecule is COc1ccc(S(=O)(=O)Nc2ccccc2OC)cc1NC(=O)c1cnc(Cl)c(Cl)c1. The average molecular weight is 482 g/mol. The van der Waals surface area contributed by atoms with Crippen molar-refractivity contribution in [1.82, 2.24) is 4.98 Å². The van der Waals surface area contributed by atoms with Gasteiger partial charge >= 0.3 is 0 Å². The molecule has 0 radical (unpaired) electrons. The molecule has 11 heteroatoms. The third kappa shape index (κ3) is 5.19. The van der Waals surface area contributed by atoms with Crippen LogP contribution in [-0.4, -0.2) is 33.5 Å². The van der Waals surface area contributed by atoms with Crippen LogP contribution in [0.2, 0.25) is 10.2 Å². The molecule has 0 saturated heterocycles. The monoisotopic (exact) mass is 481 g/mol. The van der Waals surface area contributed by atoms with Crippen LogP contribution in [0.25, 0.3) is 0 Å². The zero-order valence-corrected chi connectivity index (χ0v) is 18.7. The van der Waals surface area contributed by atoms with Gasteiger partial charge in [0.1, 0.15) is 16.7 Å². The van der Waals surface area contributed by atoms with Gasteiger partial charge in [-0.3, -0.25) is 9.52 Å². The maximum Gasteiger partial charge on any atom is 0.262 e. The number of hydrogen-bond acceptors (Lipinski definition) is 6. The lowest BCUT2D eigenvalue weighted by molar-refractivity contribution is 0.102. The van der Waals surface area contributed by atoms with Crippen molar-refractivity contribution < 1.29 is 22.7 Å². The Morgan fingerprint density at radius 1 is 0.968 bits per heavy atom. The summed E-state index contributed by atoms with van der Waals surface area (Å²) in [5, 5.41) is 2.77. The number of methoxy groups -OCH3 is 2. The number of carbonyl (C=O) groups is 1. The lowest BCUT2D eigenvalue weighted by Crippen LogP contribution is -2.16. The summed E-state index contributed by atoms with van der Waals surface area (Å²) in [4.78, 5) is 16.3. The van der Waals surface area contributed by atoms with Gasteiger partial charge in [0, 0.05) is 6.20 Å². The van der Waals surface area contributed by atoms with Gasteiger partial charge in [-0.05, 0) is 36.4 Å². The van der Waals surface area contributed by atoms with E-state index in [2.05, 4.69) is 15.0 Å². The number of carbonyl (C=O) groups excluding carboxylic acids is 1. The van der Waals surface area contributed by atoms with E-state index in [-0.39, 0.29) is 37.8 Å². The summed E-state index contributed by atoms with van der Waals surface area (Å²) in [6.45, 7) is 0. The van der Waals surface area contributed by atoms with Crippen LogP contribution in [0.1, 0.15) is 10.4 Å². The van der Waals surface area contributed by atoms with E-state index in [0.29, 0.717) is 5.75 Å². The molecule has 1 amide bonds. The molecule has 0 aliphatic carbocycles. The molecule has 1 aromatic heterocycles. The molecule has 0 bridgehead atoms. The highest BCUT2D eigenvalue weighted by molar-refractivity contribution is 7.92. The van der Waals surface area contributed by atoms with E-state index in [1.165, 1.54) is 44.7 Å². The van der Waals surface area contributed by atoms with Gasteiger partial charge in [0.25, 0.3) is 15.9 Å². The van der Waals surface area contributed by atoms with Gasteiger partial charge in [-0.1, -0.05) is 35.3 Å². The normalized spacial score (nSPS) is 11.0. The van der Waals surface area contributed by atoms with Crippen LogP contribution in [0.15, 0.2) is 59.6 Å². The Morgan fingerprint density at radius 3 is 2.32 bits per heavy atom. The minimum Gasteiger partial charge on any atom is -0.495 e. The smallest absolute Gasteiger partial charge is 0.262 e. The number of anilines is 2. The minimum atomic E-state index is -3.99. The van der Waals surface area contributed by atoms with Crippen LogP contribution in [0.5, 0.6) is 11.5 Å². The molecule has 31 heavy (non-hydrogen) atoms. The minimum absolute atomic E-state index is 0.0614. The van der Waals surface area contributed by atoms with Crippen molar-refractivity contribution in [2.24, 2.45) is 0 Å². The molecule has 1 heterocycles. The third-order valence-corrected chi connectivity index (χ3v) is 6.19. The number of sulfonamides is 1. The Bertz CT molecular complexity index is 1240. The van der Waals surface area contributed by atoms with Gasteiger partial charge in [-0.15, -0.1) is 0 Å². The standard InChI is InChI=1S/C20H17Cl2N3O5S/c1-29-17-6-4-3-5-15(17)25-31(27,28)13-7-8-18(30-2)16(10-13)24-20(26)12-9-14(21)19(22)23-11-12/h3-11,25H,1-2H3,(H,24,26). The number of hydrogen-bond donors (Lipinski definition) is 2. The number of rotatable bonds is 7. The van der Waals surface area contributed by atoms with Crippen molar-refractivity contribution in [1.29, 1.82) is 0 Å². The molecule has 0 fully saturated rings. The average Bonchev–Trinajstić information content (AvgIpc) is 2.75. The molecule has 162 valence electrons. The van der Waals surface area contributed by atoms with Crippen LogP contribution < -0.4 is 19.5 Å². The quantitative estimate of drug-likeness (QED) is 0.482. The van der Waals surface area contributed by atoms with E-state index < -0.39 is 15.9 Å². The molecule has 2 N–H and O–H groups in total. The zero-order valence-electron chi connectivity index (χ0n) is 16.3. The second-order valence-corrected chi connectivity index (χ2v) is 8.57. The summed E-state index contributed by atoms with van der Waals surface area (Å²) in [6.07, 6.45) is 1.25. The Hall–Kier alpha value is -3.01. The lowest BCUT2D eigenvalue weighted by atomic mass is 10.2. The van der Waals surface area contributed by atoms with Crippen molar-refractivity contribution >= 4 is 50.5 Å². The van der Waals surface area contributed by atoms with Crippen LogP contribution in [0.3, 0.4) is 0 Å². The van der Waals surface area contributed by atoms with Crippen LogP contribution >= 0.6 is 23.2 Å². The fourth-order valence-corrected chi connectivity index (χ4v) is 3.99. The maximum atomic E-state index is 12.9. The Kier molecular flexibility index (Phi) is 6.89. The molecular formula is C20H17Cl2N3O5S. The predicted octanol–water partition coefficient (Wildman–Crippen LogP) is 4.46. The highest BCUT2D eigenvalue weighted by atomic mass is 35.5. The van der Waals surface area contributed by atoms with Crippen molar-refractivity contribution in [3.8, 4) is 11.5 Å². The van der Waals surface area contributed by atoms with Crippen molar-refractivity contribution in [3.05, 3.63) is 70.5 Å². The van der Waals surface area contributed by atoms with Crippen LogP contribution in [0, 0.1) is 0 Å². The first kappa shape index (κ1) is 22.7. The second kappa shape index (κ2) is 9.42. The lowest BCUT2D eigenvalue weighted by Gasteiger charge is -2.14. The van der Waals surface area contributed by atoms with E-state index in [4.69, 9.17) is 32.7 Å². The van der Waals surface area contributed by atoms with Crippen molar-refractivity contribution in [3.63, 3.8) is 0 Å². The fourth-order valence-electron chi connectivity index (χ4n) is 2.62. The topological polar surface area (TPSA) is 107 Å². The molecule has 0 aliphatic heterocycles.